The summed E-state index contributed by atoms with van der Waals surface area (Å²) < 4.78 is 0. The normalized spacial score (nSPS) is 10.7. The molecule has 0 spiro atoms. The van der Waals surface area contributed by atoms with E-state index in [0.717, 1.165) is 22.3 Å². The van der Waals surface area contributed by atoms with Crippen LogP contribution in [0.2, 0.25) is 0 Å². The molecule has 0 aromatic rings. The number of rotatable bonds is 7. The highest BCUT2D eigenvalue weighted by atomic mass is 16.2. The second kappa shape index (κ2) is 9.12. The molecule has 0 fully saturated rings. The summed E-state index contributed by atoms with van der Waals surface area (Å²) in [6.07, 6.45) is 3.21. The maximum absolute atomic E-state index is 12.0. The second-order valence-electron chi connectivity index (χ2n) is 8.00. The fraction of sp³-hybridized carbons (Fsp3) is 0.308. The summed E-state index contributed by atoms with van der Waals surface area (Å²) >= 11 is 0. The van der Waals surface area contributed by atoms with E-state index in [-0.39, 0.29) is 40.2 Å². The van der Waals surface area contributed by atoms with Crippen molar-refractivity contribution in [2.45, 2.75) is 54.4 Å². The van der Waals surface area contributed by atoms with Gasteiger partial charge in [0.15, 0.2) is 23.1 Å². The molecule has 0 heterocycles. The van der Waals surface area contributed by atoms with Gasteiger partial charge in [-0.25, -0.2) is 0 Å². The fourth-order valence-electron chi connectivity index (χ4n) is 3.54. The Balaban J connectivity index is 2.96. The van der Waals surface area contributed by atoms with Crippen molar-refractivity contribution in [2.75, 3.05) is 0 Å². The van der Waals surface area contributed by atoms with Gasteiger partial charge in [0.25, 0.3) is 0 Å². The van der Waals surface area contributed by atoms with Crippen LogP contribution in [0.25, 0.3) is 23.3 Å². The van der Waals surface area contributed by atoms with E-state index in [1.807, 2.05) is 19.1 Å². The standard InChI is InChI=1S/C26H28O4/c1-14(2)20-9-8-15(3)26-22(13-24(18(6)29)19(7)30)10-21(25(26)11-20)12-23(16(4)27)17(5)28/h8-14H,1-7H3. The molecule has 0 aromatic heterocycles. The molecule has 0 aromatic carbocycles. The first-order valence-corrected chi connectivity index (χ1v) is 9.98. The van der Waals surface area contributed by atoms with Crippen LogP contribution in [0, 0.1) is 6.92 Å². The first-order valence-electron chi connectivity index (χ1n) is 9.98. The number of fused-ring (bicyclic) bond motifs is 1. The molecule has 0 saturated carbocycles. The van der Waals surface area contributed by atoms with E-state index in [1.165, 1.54) is 27.7 Å². The Hall–Kier alpha value is -3.14. The highest BCUT2D eigenvalue weighted by Gasteiger charge is 2.20. The van der Waals surface area contributed by atoms with Crippen LogP contribution in [0.4, 0.5) is 0 Å². The van der Waals surface area contributed by atoms with Crippen LogP contribution in [0.5, 0.6) is 0 Å². The highest BCUT2D eigenvalue weighted by Crippen LogP contribution is 2.39. The molecule has 2 aliphatic carbocycles. The topological polar surface area (TPSA) is 68.3 Å². The molecule has 2 rings (SSSR count). The number of carbonyl (C=O) groups excluding carboxylic acids is 4. The summed E-state index contributed by atoms with van der Waals surface area (Å²) in [6.45, 7) is 11.6. The minimum Gasteiger partial charge on any atom is -0.294 e. The lowest BCUT2D eigenvalue weighted by Crippen LogP contribution is -2.05. The summed E-state index contributed by atoms with van der Waals surface area (Å²) in [5.74, 6) is -0.937. The quantitative estimate of drug-likeness (QED) is 0.355. The van der Waals surface area contributed by atoms with Crippen LogP contribution < -0.4 is 0 Å². The molecule has 0 unspecified atom stereocenters. The summed E-state index contributed by atoms with van der Waals surface area (Å²) in [6, 6.07) is 7.95. The molecule has 0 saturated heterocycles. The van der Waals surface area contributed by atoms with E-state index in [1.54, 1.807) is 12.2 Å². The zero-order valence-corrected chi connectivity index (χ0v) is 18.7. The molecule has 2 aliphatic rings. The number of hydrogen-bond acceptors (Lipinski definition) is 4. The van der Waals surface area contributed by atoms with E-state index in [2.05, 4.69) is 26.0 Å². The van der Waals surface area contributed by atoms with Gasteiger partial charge >= 0.3 is 0 Å². The molecule has 30 heavy (non-hydrogen) atoms. The minimum atomic E-state index is -0.303. The van der Waals surface area contributed by atoms with Gasteiger partial charge in [-0.05, 0) is 92.1 Å². The van der Waals surface area contributed by atoms with Gasteiger partial charge in [-0.3, -0.25) is 19.2 Å². The molecule has 4 heteroatoms. The third kappa shape index (κ3) is 4.88. The number of allylic oxidation sites excluding steroid dienone is 2. The lowest BCUT2D eigenvalue weighted by atomic mass is 9.97. The largest absolute Gasteiger partial charge is 0.294 e. The Labute approximate surface area is 178 Å². The molecule has 0 aliphatic heterocycles. The lowest BCUT2D eigenvalue weighted by molar-refractivity contribution is -0.120. The maximum Gasteiger partial charge on any atom is 0.163 e. The fourth-order valence-corrected chi connectivity index (χ4v) is 3.54. The van der Waals surface area contributed by atoms with Crippen molar-refractivity contribution in [1.82, 2.24) is 0 Å². The van der Waals surface area contributed by atoms with Gasteiger partial charge in [-0.15, -0.1) is 0 Å². The van der Waals surface area contributed by atoms with Crippen LogP contribution >= 0.6 is 0 Å². The van der Waals surface area contributed by atoms with Gasteiger partial charge in [0.1, 0.15) is 0 Å². The monoisotopic (exact) mass is 404 g/mol. The minimum absolute atomic E-state index is 0.116. The maximum atomic E-state index is 12.0. The van der Waals surface area contributed by atoms with Crippen LogP contribution in [0.3, 0.4) is 0 Å². The molecule has 0 amide bonds. The highest BCUT2D eigenvalue weighted by molar-refractivity contribution is 6.23. The van der Waals surface area contributed by atoms with Crippen LogP contribution in [0.15, 0.2) is 35.4 Å². The van der Waals surface area contributed by atoms with Crippen LogP contribution in [-0.4, -0.2) is 23.1 Å². The lowest BCUT2D eigenvalue weighted by Gasteiger charge is -2.06. The SMILES string of the molecule is CC(=O)C(=Cc1cc(C=C(C(C)=O)C(C)=O)c2c(C)ccc(C(C)C)cc1-2)C(C)=O. The average Bonchev–Trinajstić information content (AvgIpc) is 2.85. The Morgan fingerprint density at radius 1 is 0.733 bits per heavy atom. The predicted molar refractivity (Wildman–Crippen MR) is 121 cm³/mol. The van der Waals surface area contributed by atoms with Gasteiger partial charge in [-0.2, -0.15) is 0 Å². The van der Waals surface area contributed by atoms with Gasteiger partial charge in [0.05, 0.1) is 11.1 Å². The van der Waals surface area contributed by atoms with Crippen molar-refractivity contribution in [2.24, 2.45) is 0 Å². The zero-order chi connectivity index (χ0) is 22.7. The van der Waals surface area contributed by atoms with Crippen molar-refractivity contribution >= 4 is 35.3 Å². The number of carbonyl (C=O) groups is 4. The van der Waals surface area contributed by atoms with Crippen molar-refractivity contribution in [3.8, 4) is 11.1 Å². The van der Waals surface area contributed by atoms with Gasteiger partial charge in [-0.1, -0.05) is 32.0 Å². The Morgan fingerprint density at radius 3 is 1.63 bits per heavy atom. The third-order valence-electron chi connectivity index (χ3n) is 5.19. The van der Waals surface area contributed by atoms with Crippen molar-refractivity contribution in [1.29, 1.82) is 0 Å². The molecule has 0 bridgehead atoms. The Bertz CT molecular complexity index is 1050. The van der Waals surface area contributed by atoms with E-state index in [9.17, 15) is 19.2 Å². The van der Waals surface area contributed by atoms with Crippen molar-refractivity contribution < 1.29 is 19.2 Å². The van der Waals surface area contributed by atoms with E-state index in [4.69, 9.17) is 0 Å². The number of ketones is 4. The Kier molecular flexibility index (Phi) is 7.04. The number of aryl methyl sites for hydroxylation is 1. The predicted octanol–water partition coefficient (Wildman–Crippen LogP) is 5.35. The average molecular weight is 405 g/mol. The number of hydrogen-bond donors (Lipinski definition) is 0. The molecule has 0 radical (unpaired) electrons. The molecular formula is C26H28O4. The van der Waals surface area contributed by atoms with Crippen LogP contribution in [0.1, 0.15) is 69.7 Å². The zero-order valence-electron chi connectivity index (χ0n) is 18.7. The summed E-state index contributed by atoms with van der Waals surface area (Å²) in [5, 5.41) is 0. The molecule has 0 N–H and O–H groups in total. The summed E-state index contributed by atoms with van der Waals surface area (Å²) in [4.78, 5) is 48.0. The van der Waals surface area contributed by atoms with Gasteiger partial charge in [0.2, 0.25) is 0 Å². The number of Topliss-reactive ketones (excluding diaryl/α,β-unsaturated/α-hetero) is 4. The molecule has 4 nitrogen and oxygen atoms in total. The van der Waals surface area contributed by atoms with E-state index in [0.29, 0.717) is 11.1 Å². The molecule has 0 atom stereocenters. The summed E-state index contributed by atoms with van der Waals surface area (Å²) in [5.41, 5.74) is 5.50. The first-order chi connectivity index (χ1) is 13.9. The van der Waals surface area contributed by atoms with Gasteiger partial charge < -0.3 is 0 Å². The van der Waals surface area contributed by atoms with Gasteiger partial charge in [0, 0.05) is 0 Å². The summed E-state index contributed by atoms with van der Waals surface area (Å²) in [7, 11) is 0. The first kappa shape index (κ1) is 23.1. The second-order valence-corrected chi connectivity index (χ2v) is 8.00. The van der Waals surface area contributed by atoms with Crippen LogP contribution in [-0.2, 0) is 19.2 Å². The Morgan fingerprint density at radius 2 is 1.20 bits per heavy atom. The van der Waals surface area contributed by atoms with Crippen molar-refractivity contribution in [3.63, 3.8) is 0 Å². The smallest absolute Gasteiger partial charge is 0.163 e. The van der Waals surface area contributed by atoms with Crippen molar-refractivity contribution in [3.05, 3.63) is 57.7 Å². The molecule has 156 valence electrons. The van der Waals surface area contributed by atoms with E-state index < -0.39 is 0 Å². The molecular weight excluding hydrogens is 376 g/mol. The third-order valence-corrected chi connectivity index (χ3v) is 5.19. The van der Waals surface area contributed by atoms with E-state index >= 15 is 0 Å².